The molecule has 9 heteroatoms. The van der Waals surface area contributed by atoms with Crippen LogP contribution in [0.2, 0.25) is 0 Å². The molecule has 0 radical (unpaired) electrons. The number of non-ortho nitro benzene ring substituents is 1. The summed E-state index contributed by atoms with van der Waals surface area (Å²) in [5, 5.41) is 13.5. The third kappa shape index (κ3) is 4.62. The zero-order chi connectivity index (χ0) is 21.8. The van der Waals surface area contributed by atoms with Crippen molar-refractivity contribution in [2.45, 2.75) is 20.3 Å². The molecular formula is C21H21N3O6. The van der Waals surface area contributed by atoms with Crippen LogP contribution < -0.4 is 10.2 Å². The molecule has 0 spiro atoms. The van der Waals surface area contributed by atoms with E-state index in [1.165, 1.54) is 29.2 Å². The maximum atomic E-state index is 12.3. The van der Waals surface area contributed by atoms with Gasteiger partial charge in [-0.1, -0.05) is 12.1 Å². The minimum absolute atomic E-state index is 0.0472. The Kier molecular flexibility index (Phi) is 6.10. The Morgan fingerprint density at radius 3 is 2.57 bits per heavy atom. The molecule has 1 fully saturated rings. The first-order valence-corrected chi connectivity index (χ1v) is 9.34. The average Bonchev–Trinajstić information content (AvgIpc) is 3.11. The number of carbonyl (C=O) groups is 3. The molecule has 0 aromatic heterocycles. The van der Waals surface area contributed by atoms with E-state index in [0.717, 1.165) is 11.1 Å². The van der Waals surface area contributed by atoms with Crippen molar-refractivity contribution in [2.75, 3.05) is 23.4 Å². The lowest BCUT2D eigenvalue weighted by molar-refractivity contribution is -0.384. The van der Waals surface area contributed by atoms with Crippen LogP contribution in [0.3, 0.4) is 0 Å². The normalized spacial score (nSPS) is 15.7. The monoisotopic (exact) mass is 411 g/mol. The molecule has 1 atom stereocenters. The van der Waals surface area contributed by atoms with E-state index < -0.39 is 29.3 Å². The molecule has 1 aliphatic heterocycles. The molecule has 0 aliphatic carbocycles. The second-order valence-electron chi connectivity index (χ2n) is 7.08. The number of nitrogens with one attached hydrogen (secondary N) is 1. The highest BCUT2D eigenvalue weighted by molar-refractivity contribution is 6.00. The van der Waals surface area contributed by atoms with Crippen LogP contribution in [0.25, 0.3) is 0 Å². The molecule has 1 saturated heterocycles. The molecule has 30 heavy (non-hydrogen) atoms. The first-order chi connectivity index (χ1) is 14.3. The van der Waals surface area contributed by atoms with E-state index in [4.69, 9.17) is 4.74 Å². The Balaban J connectivity index is 1.54. The van der Waals surface area contributed by atoms with Crippen molar-refractivity contribution in [2.24, 2.45) is 5.92 Å². The zero-order valence-corrected chi connectivity index (χ0v) is 16.6. The van der Waals surface area contributed by atoms with Gasteiger partial charge in [0, 0.05) is 36.5 Å². The Labute approximate surface area is 172 Å². The van der Waals surface area contributed by atoms with Gasteiger partial charge in [-0.3, -0.25) is 24.5 Å². The molecule has 0 saturated carbocycles. The fraction of sp³-hybridized carbons (Fsp3) is 0.286. The lowest BCUT2D eigenvalue weighted by Crippen LogP contribution is -2.28. The highest BCUT2D eigenvalue weighted by atomic mass is 16.6. The Morgan fingerprint density at radius 2 is 1.90 bits per heavy atom. The fourth-order valence-electron chi connectivity index (χ4n) is 3.20. The summed E-state index contributed by atoms with van der Waals surface area (Å²) < 4.78 is 5.09. The number of carbonyl (C=O) groups excluding carboxylic acids is 3. The standard InChI is InChI=1S/C21H21N3O6/c1-13-4-3-5-18(14(13)2)22-19(25)12-30-21(27)15-10-20(26)23(11-15)16-6-8-17(9-7-16)24(28)29/h3-9,15H,10-12H2,1-2H3,(H,22,25)/t15-/m0/s1. The van der Waals surface area contributed by atoms with Gasteiger partial charge in [0.25, 0.3) is 11.6 Å². The number of amides is 2. The van der Waals surface area contributed by atoms with Gasteiger partial charge in [0.2, 0.25) is 5.91 Å². The van der Waals surface area contributed by atoms with Crippen LogP contribution in [0.5, 0.6) is 0 Å². The summed E-state index contributed by atoms with van der Waals surface area (Å²) in [6, 6.07) is 11.0. The molecule has 1 N–H and O–H groups in total. The third-order valence-corrected chi connectivity index (χ3v) is 5.05. The molecule has 2 aromatic rings. The molecule has 2 aromatic carbocycles. The number of benzene rings is 2. The van der Waals surface area contributed by atoms with Crippen molar-refractivity contribution in [3.63, 3.8) is 0 Å². The molecule has 0 unspecified atom stereocenters. The molecular weight excluding hydrogens is 390 g/mol. The number of esters is 1. The summed E-state index contributed by atoms with van der Waals surface area (Å²) in [5.41, 5.74) is 2.99. The van der Waals surface area contributed by atoms with Gasteiger partial charge < -0.3 is 15.0 Å². The van der Waals surface area contributed by atoms with Crippen LogP contribution in [0, 0.1) is 29.9 Å². The molecule has 1 heterocycles. The molecule has 156 valence electrons. The van der Waals surface area contributed by atoms with Gasteiger partial charge in [-0.25, -0.2) is 0 Å². The Bertz CT molecular complexity index is 1000. The van der Waals surface area contributed by atoms with E-state index in [1.807, 2.05) is 26.0 Å². The summed E-state index contributed by atoms with van der Waals surface area (Å²) in [7, 11) is 0. The maximum Gasteiger partial charge on any atom is 0.311 e. The number of ether oxygens (including phenoxy) is 1. The average molecular weight is 411 g/mol. The minimum Gasteiger partial charge on any atom is -0.455 e. The van der Waals surface area contributed by atoms with Gasteiger partial charge in [-0.2, -0.15) is 0 Å². The van der Waals surface area contributed by atoms with E-state index >= 15 is 0 Å². The lowest BCUT2D eigenvalue weighted by Gasteiger charge is -2.16. The second kappa shape index (κ2) is 8.73. The highest BCUT2D eigenvalue weighted by Crippen LogP contribution is 2.27. The molecule has 9 nitrogen and oxygen atoms in total. The van der Waals surface area contributed by atoms with Crippen LogP contribution in [-0.2, 0) is 19.1 Å². The second-order valence-corrected chi connectivity index (χ2v) is 7.08. The lowest BCUT2D eigenvalue weighted by atomic mass is 10.1. The highest BCUT2D eigenvalue weighted by Gasteiger charge is 2.36. The SMILES string of the molecule is Cc1cccc(NC(=O)COC(=O)[C@H]2CC(=O)N(c3ccc([N+](=O)[O-])cc3)C2)c1C. The van der Waals surface area contributed by atoms with E-state index in [0.29, 0.717) is 11.4 Å². The van der Waals surface area contributed by atoms with Crippen LogP contribution in [0.1, 0.15) is 17.5 Å². The van der Waals surface area contributed by atoms with Crippen LogP contribution >= 0.6 is 0 Å². The van der Waals surface area contributed by atoms with Crippen LogP contribution in [0.15, 0.2) is 42.5 Å². The summed E-state index contributed by atoms with van der Waals surface area (Å²) in [6.45, 7) is 3.45. The van der Waals surface area contributed by atoms with Crippen LogP contribution in [-0.4, -0.2) is 35.9 Å². The van der Waals surface area contributed by atoms with Gasteiger partial charge in [0.05, 0.1) is 10.8 Å². The zero-order valence-electron chi connectivity index (χ0n) is 16.6. The summed E-state index contributed by atoms with van der Waals surface area (Å²) in [5.74, 6) is -2.09. The van der Waals surface area contributed by atoms with Crippen molar-refractivity contribution >= 4 is 34.8 Å². The number of anilines is 2. The fourth-order valence-corrected chi connectivity index (χ4v) is 3.20. The van der Waals surface area contributed by atoms with E-state index in [2.05, 4.69) is 5.32 Å². The number of rotatable bonds is 6. The topological polar surface area (TPSA) is 119 Å². The maximum absolute atomic E-state index is 12.3. The van der Waals surface area contributed by atoms with Crippen molar-refractivity contribution in [3.05, 3.63) is 63.7 Å². The Hall–Kier alpha value is -3.75. The number of aryl methyl sites for hydroxylation is 1. The first-order valence-electron chi connectivity index (χ1n) is 9.34. The molecule has 3 rings (SSSR count). The largest absolute Gasteiger partial charge is 0.455 e. The number of nitrogens with zero attached hydrogens (tertiary/aromatic N) is 2. The third-order valence-electron chi connectivity index (χ3n) is 5.05. The predicted molar refractivity (Wildman–Crippen MR) is 109 cm³/mol. The minimum atomic E-state index is -0.707. The number of nitro benzene ring substituents is 1. The molecule has 2 amide bonds. The Morgan fingerprint density at radius 1 is 1.20 bits per heavy atom. The van der Waals surface area contributed by atoms with Crippen molar-refractivity contribution in [1.82, 2.24) is 0 Å². The summed E-state index contributed by atoms with van der Waals surface area (Å²) >= 11 is 0. The number of hydrogen-bond acceptors (Lipinski definition) is 6. The first kappa shape index (κ1) is 21.0. The number of hydrogen-bond donors (Lipinski definition) is 1. The smallest absolute Gasteiger partial charge is 0.311 e. The predicted octanol–water partition coefficient (Wildman–Crippen LogP) is 2.75. The van der Waals surface area contributed by atoms with Gasteiger partial charge in [-0.05, 0) is 43.2 Å². The molecule has 1 aliphatic rings. The van der Waals surface area contributed by atoms with Crippen molar-refractivity contribution in [1.29, 1.82) is 0 Å². The summed E-state index contributed by atoms with van der Waals surface area (Å²) in [6.07, 6.45) is -0.0472. The van der Waals surface area contributed by atoms with Crippen LogP contribution in [0.4, 0.5) is 17.1 Å². The number of nitro groups is 1. The van der Waals surface area contributed by atoms with Crippen molar-refractivity contribution in [3.8, 4) is 0 Å². The van der Waals surface area contributed by atoms with Gasteiger partial charge in [0.15, 0.2) is 6.61 Å². The van der Waals surface area contributed by atoms with E-state index in [-0.39, 0.29) is 24.6 Å². The van der Waals surface area contributed by atoms with E-state index in [1.54, 1.807) is 6.07 Å². The quantitative estimate of drug-likeness (QED) is 0.443. The van der Waals surface area contributed by atoms with Crippen molar-refractivity contribution < 1.29 is 24.0 Å². The van der Waals surface area contributed by atoms with Gasteiger partial charge in [0.1, 0.15) is 0 Å². The van der Waals surface area contributed by atoms with Gasteiger partial charge in [-0.15, -0.1) is 0 Å². The van der Waals surface area contributed by atoms with Gasteiger partial charge >= 0.3 is 5.97 Å². The molecule has 0 bridgehead atoms. The van der Waals surface area contributed by atoms with E-state index in [9.17, 15) is 24.5 Å². The summed E-state index contributed by atoms with van der Waals surface area (Å²) in [4.78, 5) is 48.3.